The van der Waals surface area contributed by atoms with Gasteiger partial charge in [-0.25, -0.2) is 9.67 Å². The molecule has 88 valence electrons. The van der Waals surface area contributed by atoms with Gasteiger partial charge in [0.15, 0.2) is 5.82 Å². The van der Waals surface area contributed by atoms with Gasteiger partial charge >= 0.3 is 0 Å². The van der Waals surface area contributed by atoms with Crippen molar-refractivity contribution < 1.29 is 0 Å². The summed E-state index contributed by atoms with van der Waals surface area (Å²) < 4.78 is 1.67. The van der Waals surface area contributed by atoms with Crippen molar-refractivity contribution in [1.82, 2.24) is 19.7 Å². The summed E-state index contributed by atoms with van der Waals surface area (Å²) in [5.74, 6) is 0.740. The van der Waals surface area contributed by atoms with Gasteiger partial charge in [-0.05, 0) is 24.3 Å². The molecule has 3 rings (SSSR count). The van der Waals surface area contributed by atoms with Crippen LogP contribution in [-0.2, 0) is 0 Å². The van der Waals surface area contributed by atoms with E-state index in [9.17, 15) is 0 Å². The summed E-state index contributed by atoms with van der Waals surface area (Å²) in [6.07, 6.45) is 6.92. The average molecular weight is 237 g/mol. The Balaban J connectivity index is 2.07. The summed E-state index contributed by atoms with van der Waals surface area (Å²) in [4.78, 5) is 8.21. The standard InChI is InChI=1S/C13H11N5/c14-11-9-18(12-3-1-2-6-16-12)17-13(11)10-4-7-15-8-5-10/h1-9H,14H2. The van der Waals surface area contributed by atoms with Crippen LogP contribution in [0.2, 0.25) is 0 Å². The van der Waals surface area contributed by atoms with Crippen molar-refractivity contribution in [2.75, 3.05) is 5.73 Å². The van der Waals surface area contributed by atoms with Crippen LogP contribution in [0.5, 0.6) is 0 Å². The number of aromatic nitrogens is 4. The van der Waals surface area contributed by atoms with Crippen LogP contribution in [0.3, 0.4) is 0 Å². The number of nitrogen functional groups attached to an aromatic ring is 1. The van der Waals surface area contributed by atoms with Crippen LogP contribution < -0.4 is 5.73 Å². The van der Waals surface area contributed by atoms with Gasteiger partial charge in [0, 0.05) is 24.2 Å². The molecule has 0 fully saturated rings. The van der Waals surface area contributed by atoms with Crippen molar-refractivity contribution in [3.05, 3.63) is 55.1 Å². The zero-order valence-corrected chi connectivity index (χ0v) is 9.56. The fourth-order valence-electron chi connectivity index (χ4n) is 1.73. The van der Waals surface area contributed by atoms with Gasteiger partial charge in [0.1, 0.15) is 5.69 Å². The Hall–Kier alpha value is -2.69. The summed E-state index contributed by atoms with van der Waals surface area (Å²) in [7, 11) is 0. The second-order valence-electron chi connectivity index (χ2n) is 3.80. The van der Waals surface area contributed by atoms with Crippen molar-refractivity contribution in [3.63, 3.8) is 0 Å². The molecule has 0 unspecified atom stereocenters. The number of pyridine rings is 2. The predicted molar refractivity (Wildman–Crippen MR) is 69.0 cm³/mol. The molecule has 0 bridgehead atoms. The van der Waals surface area contributed by atoms with Gasteiger partial charge in [-0.1, -0.05) is 6.07 Å². The van der Waals surface area contributed by atoms with Gasteiger partial charge < -0.3 is 5.73 Å². The molecule has 0 aliphatic heterocycles. The minimum absolute atomic E-state index is 0.617. The highest BCUT2D eigenvalue weighted by atomic mass is 15.3. The molecule has 5 nitrogen and oxygen atoms in total. The SMILES string of the molecule is Nc1cn(-c2ccccn2)nc1-c1ccncc1. The number of nitrogens with two attached hydrogens (primary N) is 1. The van der Waals surface area contributed by atoms with Crippen LogP contribution >= 0.6 is 0 Å². The Bertz CT molecular complexity index is 646. The molecule has 18 heavy (non-hydrogen) atoms. The fraction of sp³-hybridized carbons (Fsp3) is 0. The molecule has 0 radical (unpaired) electrons. The molecule has 0 amide bonds. The Morgan fingerprint density at radius 2 is 1.83 bits per heavy atom. The Morgan fingerprint density at radius 1 is 1.00 bits per heavy atom. The summed E-state index contributed by atoms with van der Waals surface area (Å²) in [5, 5.41) is 4.45. The largest absolute Gasteiger partial charge is 0.396 e. The summed E-state index contributed by atoms with van der Waals surface area (Å²) >= 11 is 0. The van der Waals surface area contributed by atoms with E-state index in [1.165, 1.54) is 0 Å². The first kappa shape index (κ1) is 10.5. The maximum absolute atomic E-state index is 5.98. The molecule has 0 aromatic carbocycles. The molecule has 3 aromatic heterocycles. The van der Waals surface area contributed by atoms with Crippen LogP contribution in [-0.4, -0.2) is 19.7 Å². The third kappa shape index (κ3) is 1.82. The average Bonchev–Trinajstić information content (AvgIpc) is 2.83. The van der Waals surface area contributed by atoms with E-state index in [0.29, 0.717) is 5.69 Å². The normalized spacial score (nSPS) is 10.4. The van der Waals surface area contributed by atoms with Gasteiger partial charge in [0.05, 0.1) is 11.9 Å². The molecule has 0 spiro atoms. The Labute approximate surface area is 104 Å². The zero-order valence-electron chi connectivity index (χ0n) is 9.56. The highest BCUT2D eigenvalue weighted by Crippen LogP contribution is 2.24. The Kier molecular flexibility index (Phi) is 2.49. The third-order valence-electron chi connectivity index (χ3n) is 2.58. The lowest BCUT2D eigenvalue weighted by Crippen LogP contribution is -1.97. The third-order valence-corrected chi connectivity index (χ3v) is 2.58. The fourth-order valence-corrected chi connectivity index (χ4v) is 1.73. The van der Waals surface area contributed by atoms with Crippen molar-refractivity contribution in [2.24, 2.45) is 0 Å². The number of nitrogens with zero attached hydrogens (tertiary/aromatic N) is 4. The monoisotopic (exact) mass is 237 g/mol. The first-order valence-electron chi connectivity index (χ1n) is 5.51. The minimum atomic E-state index is 0.617. The summed E-state index contributed by atoms with van der Waals surface area (Å²) in [6, 6.07) is 9.40. The minimum Gasteiger partial charge on any atom is -0.396 e. The van der Waals surface area contributed by atoms with Gasteiger partial charge in [-0.2, -0.15) is 5.10 Å². The van der Waals surface area contributed by atoms with Crippen molar-refractivity contribution in [2.45, 2.75) is 0 Å². The molecule has 3 aromatic rings. The van der Waals surface area contributed by atoms with E-state index in [2.05, 4.69) is 15.1 Å². The summed E-state index contributed by atoms with van der Waals surface area (Å²) in [6.45, 7) is 0. The van der Waals surface area contributed by atoms with Gasteiger partial charge in [0.2, 0.25) is 0 Å². The lowest BCUT2D eigenvalue weighted by atomic mass is 10.2. The molecule has 0 aliphatic carbocycles. The predicted octanol–water partition coefficient (Wildman–Crippen LogP) is 1.91. The topological polar surface area (TPSA) is 69.6 Å². The second kappa shape index (κ2) is 4.29. The molecule has 2 N–H and O–H groups in total. The van der Waals surface area contributed by atoms with E-state index < -0.39 is 0 Å². The maximum Gasteiger partial charge on any atom is 0.153 e. The molecule has 3 heterocycles. The number of anilines is 1. The van der Waals surface area contributed by atoms with Crippen molar-refractivity contribution in [3.8, 4) is 17.1 Å². The second-order valence-corrected chi connectivity index (χ2v) is 3.80. The van der Waals surface area contributed by atoms with E-state index in [1.807, 2.05) is 30.3 Å². The molecule has 0 saturated heterocycles. The van der Waals surface area contributed by atoms with E-state index in [-0.39, 0.29) is 0 Å². The lowest BCUT2D eigenvalue weighted by molar-refractivity contribution is 0.850. The number of rotatable bonds is 2. The first-order chi connectivity index (χ1) is 8.84. The van der Waals surface area contributed by atoms with E-state index in [1.54, 1.807) is 29.5 Å². The van der Waals surface area contributed by atoms with Gasteiger partial charge in [-0.3, -0.25) is 4.98 Å². The molecular weight excluding hydrogens is 226 g/mol. The molecular formula is C13H11N5. The Morgan fingerprint density at radius 3 is 2.56 bits per heavy atom. The van der Waals surface area contributed by atoms with Crippen molar-refractivity contribution >= 4 is 5.69 Å². The molecule has 0 aliphatic rings. The van der Waals surface area contributed by atoms with Crippen molar-refractivity contribution in [1.29, 1.82) is 0 Å². The first-order valence-corrected chi connectivity index (χ1v) is 5.51. The maximum atomic E-state index is 5.98. The van der Waals surface area contributed by atoms with E-state index in [4.69, 9.17) is 5.73 Å². The van der Waals surface area contributed by atoms with E-state index in [0.717, 1.165) is 17.1 Å². The van der Waals surface area contributed by atoms with Gasteiger partial charge in [-0.15, -0.1) is 0 Å². The highest BCUT2D eigenvalue weighted by Gasteiger charge is 2.09. The number of hydrogen-bond donors (Lipinski definition) is 1. The van der Waals surface area contributed by atoms with E-state index >= 15 is 0 Å². The highest BCUT2D eigenvalue weighted by molar-refractivity contribution is 5.71. The summed E-state index contributed by atoms with van der Waals surface area (Å²) in [5.41, 5.74) is 8.28. The molecule has 0 atom stereocenters. The van der Waals surface area contributed by atoms with Crippen LogP contribution in [0.15, 0.2) is 55.1 Å². The lowest BCUT2D eigenvalue weighted by Gasteiger charge is -1.98. The van der Waals surface area contributed by atoms with Crippen LogP contribution in [0.1, 0.15) is 0 Å². The van der Waals surface area contributed by atoms with Crippen LogP contribution in [0.4, 0.5) is 5.69 Å². The molecule has 5 heteroatoms. The zero-order chi connectivity index (χ0) is 12.4. The smallest absolute Gasteiger partial charge is 0.153 e. The van der Waals surface area contributed by atoms with Gasteiger partial charge in [0.25, 0.3) is 0 Å². The van der Waals surface area contributed by atoms with Crippen LogP contribution in [0, 0.1) is 0 Å². The van der Waals surface area contributed by atoms with Crippen LogP contribution in [0.25, 0.3) is 17.1 Å². The quantitative estimate of drug-likeness (QED) is 0.739. The molecule has 0 saturated carbocycles. The number of hydrogen-bond acceptors (Lipinski definition) is 4.